The fourth-order valence-electron chi connectivity index (χ4n) is 2.55. The van der Waals surface area contributed by atoms with Crippen LogP contribution in [0, 0.1) is 11.7 Å². The summed E-state index contributed by atoms with van der Waals surface area (Å²) in [5.74, 6) is 0.499. The molecule has 1 fully saturated rings. The Morgan fingerprint density at radius 3 is 2.53 bits per heavy atom. The molecule has 1 nitrogen and oxygen atoms in total. The Balaban J connectivity index is 2.26. The molecule has 0 radical (unpaired) electrons. The smallest absolute Gasteiger partial charge is 0.165 e. The van der Waals surface area contributed by atoms with Gasteiger partial charge in [0.05, 0.1) is 0 Å². The van der Waals surface area contributed by atoms with Crippen LogP contribution >= 0.6 is 15.9 Å². The third-order valence-corrected chi connectivity index (χ3v) is 4.20. The van der Waals surface area contributed by atoms with E-state index in [4.69, 9.17) is 4.74 Å². The number of benzene rings is 1. The topological polar surface area (TPSA) is 9.23 Å². The van der Waals surface area contributed by atoms with Crippen molar-refractivity contribution in [2.24, 2.45) is 5.92 Å². The number of ether oxygens (including phenoxy) is 1. The second kappa shape index (κ2) is 4.97. The highest BCUT2D eigenvalue weighted by Crippen LogP contribution is 2.40. The third-order valence-electron chi connectivity index (χ3n) is 3.71. The second-order valence-electron chi connectivity index (χ2n) is 5.10. The predicted octanol–water partition coefficient (Wildman–Crippen LogP) is 4.94. The quantitative estimate of drug-likeness (QED) is 0.768. The van der Waals surface area contributed by atoms with Gasteiger partial charge >= 0.3 is 0 Å². The summed E-state index contributed by atoms with van der Waals surface area (Å²) in [6, 6.07) is 4.86. The first-order valence-corrected chi connectivity index (χ1v) is 6.97. The van der Waals surface area contributed by atoms with Crippen molar-refractivity contribution < 1.29 is 9.13 Å². The molecule has 0 bridgehead atoms. The highest BCUT2D eigenvalue weighted by molar-refractivity contribution is 9.10. The molecular weight excluding hydrogens is 283 g/mol. The summed E-state index contributed by atoms with van der Waals surface area (Å²) in [7, 11) is 0. The van der Waals surface area contributed by atoms with Gasteiger partial charge in [-0.1, -0.05) is 29.8 Å². The highest BCUT2D eigenvalue weighted by Gasteiger charge is 2.39. The van der Waals surface area contributed by atoms with E-state index in [-0.39, 0.29) is 11.4 Å². The summed E-state index contributed by atoms with van der Waals surface area (Å²) in [4.78, 5) is 0. The molecule has 0 amide bonds. The van der Waals surface area contributed by atoms with Gasteiger partial charge in [-0.2, -0.15) is 0 Å². The molecule has 94 valence electrons. The first kappa shape index (κ1) is 12.9. The SMILES string of the molecule is CC(C)C1(Oc2cc(Br)ccc2F)CCCC1. The highest BCUT2D eigenvalue weighted by atomic mass is 79.9. The maximum atomic E-state index is 13.7. The van der Waals surface area contributed by atoms with Gasteiger partial charge in [-0.25, -0.2) is 4.39 Å². The second-order valence-corrected chi connectivity index (χ2v) is 6.02. The average Bonchev–Trinajstić information content (AvgIpc) is 2.73. The maximum absolute atomic E-state index is 13.7. The van der Waals surface area contributed by atoms with Gasteiger partial charge < -0.3 is 4.74 Å². The zero-order valence-electron chi connectivity index (χ0n) is 10.3. The molecule has 0 unspecified atom stereocenters. The Labute approximate surface area is 110 Å². The van der Waals surface area contributed by atoms with Crippen LogP contribution in [0.25, 0.3) is 0 Å². The molecule has 3 heteroatoms. The summed E-state index contributed by atoms with van der Waals surface area (Å²) in [5.41, 5.74) is -0.179. The summed E-state index contributed by atoms with van der Waals surface area (Å²) >= 11 is 3.35. The predicted molar refractivity (Wildman–Crippen MR) is 70.8 cm³/mol. The van der Waals surface area contributed by atoms with Crippen molar-refractivity contribution in [3.63, 3.8) is 0 Å². The lowest BCUT2D eigenvalue weighted by Crippen LogP contribution is -2.38. The summed E-state index contributed by atoms with van der Waals surface area (Å²) in [6.07, 6.45) is 4.40. The largest absolute Gasteiger partial charge is 0.484 e. The Hall–Kier alpha value is -0.570. The summed E-state index contributed by atoms with van der Waals surface area (Å²) in [5, 5.41) is 0. The molecule has 0 heterocycles. The van der Waals surface area contributed by atoms with Crippen LogP contribution in [0.3, 0.4) is 0 Å². The minimum absolute atomic E-state index is 0.179. The Kier molecular flexibility index (Phi) is 3.76. The normalized spacial score (nSPS) is 18.6. The van der Waals surface area contributed by atoms with Crippen LogP contribution < -0.4 is 4.74 Å². The van der Waals surface area contributed by atoms with E-state index in [2.05, 4.69) is 29.8 Å². The van der Waals surface area contributed by atoms with Gasteiger partial charge in [-0.3, -0.25) is 0 Å². The van der Waals surface area contributed by atoms with Gasteiger partial charge in [0.2, 0.25) is 0 Å². The minimum atomic E-state index is -0.278. The van der Waals surface area contributed by atoms with E-state index in [9.17, 15) is 4.39 Å². The van der Waals surface area contributed by atoms with Gasteiger partial charge in [0, 0.05) is 4.47 Å². The van der Waals surface area contributed by atoms with Crippen LogP contribution in [-0.4, -0.2) is 5.60 Å². The first-order chi connectivity index (χ1) is 8.03. The number of hydrogen-bond acceptors (Lipinski definition) is 1. The molecule has 0 spiro atoms. The van der Waals surface area contributed by atoms with E-state index >= 15 is 0 Å². The number of rotatable bonds is 3. The zero-order chi connectivity index (χ0) is 12.5. The zero-order valence-corrected chi connectivity index (χ0v) is 11.9. The number of hydrogen-bond donors (Lipinski definition) is 0. The van der Waals surface area contributed by atoms with E-state index in [1.54, 1.807) is 12.1 Å². The molecule has 0 saturated heterocycles. The van der Waals surface area contributed by atoms with Crippen molar-refractivity contribution in [2.45, 2.75) is 45.1 Å². The van der Waals surface area contributed by atoms with E-state index in [0.717, 1.165) is 17.3 Å². The van der Waals surface area contributed by atoms with Crippen molar-refractivity contribution in [2.75, 3.05) is 0 Å². The Morgan fingerprint density at radius 2 is 1.94 bits per heavy atom. The van der Waals surface area contributed by atoms with Crippen molar-refractivity contribution in [3.8, 4) is 5.75 Å². The van der Waals surface area contributed by atoms with Crippen LogP contribution in [0.4, 0.5) is 4.39 Å². The number of halogens is 2. The fraction of sp³-hybridized carbons (Fsp3) is 0.571. The molecule has 1 aromatic rings. The Bertz CT molecular complexity index is 397. The molecule has 17 heavy (non-hydrogen) atoms. The van der Waals surface area contributed by atoms with E-state index in [1.165, 1.54) is 18.9 Å². The molecule has 0 N–H and O–H groups in total. The van der Waals surface area contributed by atoms with Crippen LogP contribution in [-0.2, 0) is 0 Å². The van der Waals surface area contributed by atoms with Crippen molar-refractivity contribution in [1.29, 1.82) is 0 Å². The molecular formula is C14H18BrFO. The fourth-order valence-corrected chi connectivity index (χ4v) is 2.89. The molecule has 0 atom stereocenters. The first-order valence-electron chi connectivity index (χ1n) is 6.17. The van der Waals surface area contributed by atoms with Gasteiger partial charge in [-0.05, 0) is 49.8 Å². The van der Waals surface area contributed by atoms with Gasteiger partial charge in [-0.15, -0.1) is 0 Å². The molecule has 1 saturated carbocycles. The minimum Gasteiger partial charge on any atom is -0.484 e. The molecule has 1 aliphatic carbocycles. The third kappa shape index (κ3) is 2.65. The van der Waals surface area contributed by atoms with Gasteiger partial charge in [0.15, 0.2) is 11.6 Å². The van der Waals surface area contributed by atoms with Crippen LogP contribution in [0.15, 0.2) is 22.7 Å². The monoisotopic (exact) mass is 300 g/mol. The van der Waals surface area contributed by atoms with E-state index in [0.29, 0.717) is 11.7 Å². The van der Waals surface area contributed by atoms with Crippen LogP contribution in [0.2, 0.25) is 0 Å². The standard InChI is InChI=1S/C14H18BrFO/c1-10(2)14(7-3-4-8-14)17-13-9-11(15)5-6-12(13)16/h5-6,9-10H,3-4,7-8H2,1-2H3. The van der Waals surface area contributed by atoms with Crippen molar-refractivity contribution in [3.05, 3.63) is 28.5 Å². The van der Waals surface area contributed by atoms with Crippen molar-refractivity contribution in [1.82, 2.24) is 0 Å². The summed E-state index contributed by atoms with van der Waals surface area (Å²) in [6.45, 7) is 4.31. The average molecular weight is 301 g/mol. The molecule has 2 rings (SSSR count). The lowest BCUT2D eigenvalue weighted by atomic mass is 9.88. The maximum Gasteiger partial charge on any atom is 0.165 e. The lowest BCUT2D eigenvalue weighted by Gasteiger charge is -2.34. The Morgan fingerprint density at radius 1 is 1.29 bits per heavy atom. The summed E-state index contributed by atoms with van der Waals surface area (Å²) < 4.78 is 20.6. The van der Waals surface area contributed by atoms with E-state index in [1.807, 2.05) is 0 Å². The van der Waals surface area contributed by atoms with E-state index < -0.39 is 0 Å². The lowest BCUT2D eigenvalue weighted by molar-refractivity contribution is 0.0251. The van der Waals surface area contributed by atoms with Gasteiger partial charge in [0.25, 0.3) is 0 Å². The van der Waals surface area contributed by atoms with Crippen LogP contribution in [0.5, 0.6) is 5.75 Å². The molecule has 1 aliphatic rings. The molecule has 1 aromatic carbocycles. The molecule has 0 aromatic heterocycles. The van der Waals surface area contributed by atoms with Crippen molar-refractivity contribution >= 4 is 15.9 Å². The van der Waals surface area contributed by atoms with Crippen LogP contribution in [0.1, 0.15) is 39.5 Å². The van der Waals surface area contributed by atoms with Gasteiger partial charge in [0.1, 0.15) is 5.60 Å². The molecule has 0 aliphatic heterocycles.